The Morgan fingerprint density at radius 1 is 1.32 bits per heavy atom. The average molecular weight is 265 g/mol. The summed E-state index contributed by atoms with van der Waals surface area (Å²) in [5.74, 6) is -0.155. The van der Waals surface area contributed by atoms with E-state index in [4.69, 9.17) is 16.3 Å². The second kappa shape index (κ2) is 4.85. The fraction of sp³-hybridized carbons (Fsp3) is 0.333. The van der Waals surface area contributed by atoms with Gasteiger partial charge < -0.3 is 11.5 Å². The first kappa shape index (κ1) is 13.3. The summed E-state index contributed by atoms with van der Waals surface area (Å²) in [5.41, 5.74) is 10.9. The van der Waals surface area contributed by atoms with Crippen molar-refractivity contribution < 1.29 is 9.23 Å². The largest absolute Gasteiger partial charge is 0.368 e. The van der Waals surface area contributed by atoms with Gasteiger partial charge in [0, 0.05) is 5.56 Å². The SMILES string of the molecule is CC1(C)N=C(N)N=C(N)N1OCc1ccccc1F. The highest BCUT2D eigenvalue weighted by Crippen LogP contribution is 2.21. The number of benzene rings is 1. The van der Waals surface area contributed by atoms with Crippen LogP contribution in [0.15, 0.2) is 34.3 Å². The normalized spacial score (nSPS) is 17.9. The zero-order valence-electron chi connectivity index (χ0n) is 10.8. The van der Waals surface area contributed by atoms with E-state index in [9.17, 15) is 4.39 Å². The molecule has 6 nitrogen and oxygen atoms in total. The summed E-state index contributed by atoms with van der Waals surface area (Å²) in [7, 11) is 0. The van der Waals surface area contributed by atoms with Crippen LogP contribution in [0.4, 0.5) is 4.39 Å². The first-order valence-electron chi connectivity index (χ1n) is 5.76. The predicted molar refractivity (Wildman–Crippen MR) is 70.4 cm³/mol. The van der Waals surface area contributed by atoms with Crippen LogP contribution >= 0.6 is 0 Å². The van der Waals surface area contributed by atoms with Crippen LogP contribution in [0.2, 0.25) is 0 Å². The average Bonchev–Trinajstić information content (AvgIpc) is 2.28. The number of guanidine groups is 2. The second-order valence-electron chi connectivity index (χ2n) is 4.59. The maximum atomic E-state index is 13.5. The van der Waals surface area contributed by atoms with Gasteiger partial charge in [-0.05, 0) is 19.9 Å². The summed E-state index contributed by atoms with van der Waals surface area (Å²) in [5, 5.41) is 1.32. The Morgan fingerprint density at radius 3 is 2.63 bits per heavy atom. The summed E-state index contributed by atoms with van der Waals surface area (Å²) in [6.07, 6.45) is 0. The highest BCUT2D eigenvalue weighted by molar-refractivity contribution is 5.95. The fourth-order valence-corrected chi connectivity index (χ4v) is 1.77. The van der Waals surface area contributed by atoms with Crippen LogP contribution in [0.25, 0.3) is 0 Å². The predicted octanol–water partition coefficient (Wildman–Crippen LogP) is 0.938. The van der Waals surface area contributed by atoms with E-state index in [0.717, 1.165) is 0 Å². The molecular weight excluding hydrogens is 249 g/mol. The van der Waals surface area contributed by atoms with Crippen LogP contribution < -0.4 is 11.5 Å². The lowest BCUT2D eigenvalue weighted by Gasteiger charge is -2.36. The van der Waals surface area contributed by atoms with Gasteiger partial charge in [-0.2, -0.15) is 10.1 Å². The molecule has 0 radical (unpaired) electrons. The molecule has 0 aliphatic carbocycles. The van der Waals surface area contributed by atoms with E-state index in [2.05, 4.69) is 9.98 Å². The van der Waals surface area contributed by atoms with Crippen molar-refractivity contribution in [2.75, 3.05) is 0 Å². The highest BCUT2D eigenvalue weighted by Gasteiger charge is 2.33. The highest BCUT2D eigenvalue weighted by atomic mass is 19.1. The Bertz CT molecular complexity index is 541. The van der Waals surface area contributed by atoms with Crippen LogP contribution in [0.1, 0.15) is 19.4 Å². The molecular formula is C12H16FN5O. The molecule has 102 valence electrons. The molecule has 0 fully saturated rings. The molecule has 1 aliphatic heterocycles. The van der Waals surface area contributed by atoms with Crippen LogP contribution in [0.5, 0.6) is 0 Å². The monoisotopic (exact) mass is 265 g/mol. The minimum atomic E-state index is -0.791. The molecule has 0 unspecified atom stereocenters. The van der Waals surface area contributed by atoms with Crippen LogP contribution in [0, 0.1) is 5.82 Å². The van der Waals surface area contributed by atoms with Gasteiger partial charge in [-0.1, -0.05) is 18.2 Å². The molecule has 2 rings (SSSR count). The van der Waals surface area contributed by atoms with Gasteiger partial charge in [-0.3, -0.25) is 4.84 Å². The molecule has 0 saturated carbocycles. The summed E-state index contributed by atoms with van der Waals surface area (Å²) >= 11 is 0. The third-order valence-electron chi connectivity index (χ3n) is 2.63. The van der Waals surface area contributed by atoms with Gasteiger partial charge in [0.05, 0.1) is 0 Å². The molecule has 1 aliphatic rings. The molecule has 1 aromatic carbocycles. The number of aliphatic imine (C=N–C) groups is 2. The maximum absolute atomic E-state index is 13.5. The molecule has 0 bridgehead atoms. The Hall–Kier alpha value is -2.15. The fourth-order valence-electron chi connectivity index (χ4n) is 1.77. The van der Waals surface area contributed by atoms with Crippen LogP contribution in [-0.2, 0) is 11.4 Å². The Balaban J connectivity index is 2.12. The van der Waals surface area contributed by atoms with E-state index in [0.29, 0.717) is 5.56 Å². The summed E-state index contributed by atoms with van der Waals surface area (Å²) in [6, 6.07) is 6.35. The van der Waals surface area contributed by atoms with Gasteiger partial charge in [0.25, 0.3) is 0 Å². The number of hydrogen-bond acceptors (Lipinski definition) is 6. The van der Waals surface area contributed by atoms with E-state index >= 15 is 0 Å². The van der Waals surface area contributed by atoms with E-state index in [1.54, 1.807) is 32.0 Å². The van der Waals surface area contributed by atoms with E-state index in [-0.39, 0.29) is 24.3 Å². The van der Waals surface area contributed by atoms with Gasteiger partial charge in [-0.15, -0.1) is 0 Å². The van der Waals surface area contributed by atoms with Crippen molar-refractivity contribution in [3.63, 3.8) is 0 Å². The first-order valence-corrected chi connectivity index (χ1v) is 5.76. The van der Waals surface area contributed by atoms with Gasteiger partial charge >= 0.3 is 0 Å². The Morgan fingerprint density at radius 2 is 2.00 bits per heavy atom. The smallest absolute Gasteiger partial charge is 0.226 e. The van der Waals surface area contributed by atoms with E-state index in [1.807, 2.05) is 0 Å². The third-order valence-corrected chi connectivity index (χ3v) is 2.63. The van der Waals surface area contributed by atoms with Crippen LogP contribution in [-0.4, -0.2) is 22.6 Å². The Labute approximate surface area is 110 Å². The topological polar surface area (TPSA) is 89.2 Å². The molecule has 1 aromatic rings. The van der Waals surface area contributed by atoms with E-state index in [1.165, 1.54) is 11.1 Å². The van der Waals surface area contributed by atoms with Crippen molar-refractivity contribution in [3.05, 3.63) is 35.6 Å². The summed E-state index contributed by atoms with van der Waals surface area (Å²) < 4.78 is 13.5. The lowest BCUT2D eigenvalue weighted by molar-refractivity contribution is -0.167. The molecule has 4 N–H and O–H groups in total. The van der Waals surface area contributed by atoms with Gasteiger partial charge in [0.15, 0.2) is 5.66 Å². The molecule has 0 amide bonds. The molecule has 0 aromatic heterocycles. The van der Waals surface area contributed by atoms with Gasteiger partial charge in [0.1, 0.15) is 12.4 Å². The molecule has 0 spiro atoms. The number of hydroxylamine groups is 2. The molecule has 1 heterocycles. The minimum absolute atomic E-state index is 0.0295. The maximum Gasteiger partial charge on any atom is 0.226 e. The first-order chi connectivity index (χ1) is 8.90. The van der Waals surface area contributed by atoms with Crippen molar-refractivity contribution in [1.29, 1.82) is 0 Å². The second-order valence-corrected chi connectivity index (χ2v) is 4.59. The number of nitrogens with zero attached hydrogens (tertiary/aromatic N) is 3. The summed E-state index contributed by atoms with van der Waals surface area (Å²) in [6.45, 7) is 3.56. The standard InChI is InChI=1S/C12H16FN5O/c1-12(2)17-10(14)16-11(15)18(12)19-7-8-5-3-4-6-9(8)13/h3-6H,7H2,1-2H3,(H4,14,15,16,17). The number of halogens is 1. The lowest BCUT2D eigenvalue weighted by atomic mass is 10.2. The van der Waals surface area contributed by atoms with Crippen molar-refractivity contribution in [2.45, 2.75) is 26.1 Å². The van der Waals surface area contributed by atoms with Crippen molar-refractivity contribution in [3.8, 4) is 0 Å². The van der Waals surface area contributed by atoms with Gasteiger partial charge in [0.2, 0.25) is 11.9 Å². The molecule has 0 atom stereocenters. The van der Waals surface area contributed by atoms with Crippen molar-refractivity contribution in [1.82, 2.24) is 5.06 Å². The van der Waals surface area contributed by atoms with Crippen molar-refractivity contribution >= 4 is 11.9 Å². The zero-order chi connectivity index (χ0) is 14.0. The minimum Gasteiger partial charge on any atom is -0.368 e. The molecule has 19 heavy (non-hydrogen) atoms. The Kier molecular flexibility index (Phi) is 3.39. The molecule has 7 heteroatoms. The number of hydrogen-bond donors (Lipinski definition) is 2. The lowest BCUT2D eigenvalue weighted by Crippen LogP contribution is -2.53. The zero-order valence-corrected chi connectivity index (χ0v) is 10.8. The quantitative estimate of drug-likeness (QED) is 0.851. The van der Waals surface area contributed by atoms with Gasteiger partial charge in [-0.25, -0.2) is 9.38 Å². The number of nitrogens with two attached hydrogens (primary N) is 2. The molecule has 0 saturated heterocycles. The van der Waals surface area contributed by atoms with E-state index < -0.39 is 5.66 Å². The number of rotatable bonds is 3. The van der Waals surface area contributed by atoms with Crippen LogP contribution in [0.3, 0.4) is 0 Å². The summed E-state index contributed by atoms with van der Waals surface area (Å²) in [4.78, 5) is 13.4. The third kappa shape index (κ3) is 2.82. The van der Waals surface area contributed by atoms with Crippen molar-refractivity contribution in [2.24, 2.45) is 21.5 Å².